The van der Waals surface area contributed by atoms with Crippen molar-refractivity contribution in [1.29, 1.82) is 0 Å². The van der Waals surface area contributed by atoms with Crippen LogP contribution in [0.4, 0.5) is 0 Å². The van der Waals surface area contributed by atoms with Crippen LogP contribution in [0.3, 0.4) is 0 Å². The molecule has 0 radical (unpaired) electrons. The molecule has 1 aromatic rings. The molecule has 27 heavy (non-hydrogen) atoms. The summed E-state index contributed by atoms with van der Waals surface area (Å²) in [4.78, 5) is 8.90. The maximum absolute atomic E-state index is 12.3. The molecular formula is C18H33IN4O2S2. The summed E-state index contributed by atoms with van der Waals surface area (Å²) in [5.74, 6) is 0.949. The molecule has 0 spiro atoms. The fraction of sp³-hybridized carbons (Fsp3) is 0.722. The van der Waals surface area contributed by atoms with Crippen LogP contribution in [0.5, 0.6) is 0 Å². The molecule has 0 aliphatic carbocycles. The molecule has 1 fully saturated rings. The molecule has 1 aliphatic heterocycles. The number of hydrogen-bond acceptors (Lipinski definition) is 5. The van der Waals surface area contributed by atoms with Gasteiger partial charge in [-0.1, -0.05) is 13.8 Å². The van der Waals surface area contributed by atoms with E-state index in [9.17, 15) is 8.42 Å². The number of rotatable bonds is 6. The fourth-order valence-corrected chi connectivity index (χ4v) is 5.50. The Morgan fingerprint density at radius 2 is 2.07 bits per heavy atom. The summed E-state index contributed by atoms with van der Waals surface area (Å²) in [5.41, 5.74) is 1.31. The Morgan fingerprint density at radius 3 is 2.56 bits per heavy atom. The normalized spacial score (nSPS) is 20.2. The van der Waals surface area contributed by atoms with Crippen LogP contribution < -0.4 is 5.32 Å². The number of thiophene rings is 1. The molecule has 2 rings (SSSR count). The highest BCUT2D eigenvalue weighted by atomic mass is 127. The van der Waals surface area contributed by atoms with Gasteiger partial charge in [-0.15, -0.1) is 24.0 Å². The second-order valence-electron chi connectivity index (χ2n) is 7.22. The lowest BCUT2D eigenvalue weighted by molar-refractivity contribution is 0.217. The molecule has 9 heteroatoms. The van der Waals surface area contributed by atoms with Gasteiger partial charge in [-0.3, -0.25) is 9.89 Å². The van der Waals surface area contributed by atoms with Gasteiger partial charge in [0.15, 0.2) is 15.8 Å². The Hall–Kier alpha value is -0.390. The van der Waals surface area contributed by atoms with Crippen LogP contribution in [0.1, 0.15) is 39.3 Å². The number of nitrogens with zero attached hydrogens (tertiary/aromatic N) is 3. The second-order valence-corrected chi connectivity index (χ2v) is 10.7. The maximum Gasteiger partial charge on any atom is 0.193 e. The van der Waals surface area contributed by atoms with E-state index >= 15 is 0 Å². The molecule has 2 heterocycles. The van der Waals surface area contributed by atoms with E-state index in [1.807, 2.05) is 0 Å². The highest BCUT2D eigenvalue weighted by molar-refractivity contribution is 14.0. The van der Waals surface area contributed by atoms with Gasteiger partial charge >= 0.3 is 0 Å². The minimum Gasteiger partial charge on any atom is -0.354 e. The maximum atomic E-state index is 12.3. The lowest BCUT2D eigenvalue weighted by atomic mass is 10.1. The number of halogens is 1. The summed E-state index contributed by atoms with van der Waals surface area (Å²) in [6.45, 7) is 11.6. The van der Waals surface area contributed by atoms with Crippen LogP contribution in [-0.4, -0.2) is 74.4 Å². The van der Waals surface area contributed by atoms with E-state index in [0.29, 0.717) is 13.1 Å². The van der Waals surface area contributed by atoms with E-state index in [1.54, 1.807) is 32.2 Å². The van der Waals surface area contributed by atoms with Crippen molar-refractivity contribution in [3.8, 4) is 0 Å². The highest BCUT2D eigenvalue weighted by Gasteiger charge is 2.41. The van der Waals surface area contributed by atoms with Crippen molar-refractivity contribution >= 4 is 51.1 Å². The topological polar surface area (TPSA) is 65.0 Å². The number of hydrogen-bond donors (Lipinski definition) is 1. The summed E-state index contributed by atoms with van der Waals surface area (Å²) in [7, 11) is -1.30. The van der Waals surface area contributed by atoms with Crippen molar-refractivity contribution < 1.29 is 8.42 Å². The molecular weight excluding hydrogens is 495 g/mol. The highest BCUT2D eigenvalue weighted by Crippen LogP contribution is 2.25. The van der Waals surface area contributed by atoms with E-state index in [-0.39, 0.29) is 35.8 Å². The van der Waals surface area contributed by atoms with Gasteiger partial charge in [0.05, 0.1) is 16.5 Å². The molecule has 0 bridgehead atoms. The summed E-state index contributed by atoms with van der Waals surface area (Å²) < 4.78 is 23.8. The third kappa shape index (κ3) is 5.80. The first-order valence-corrected chi connectivity index (χ1v) is 11.8. The molecule has 1 atom stereocenters. The van der Waals surface area contributed by atoms with Gasteiger partial charge in [-0.2, -0.15) is 11.3 Å². The minimum atomic E-state index is -3.06. The van der Waals surface area contributed by atoms with Gasteiger partial charge in [-0.25, -0.2) is 8.42 Å². The number of sulfone groups is 1. The second kappa shape index (κ2) is 10.4. The van der Waals surface area contributed by atoms with Crippen LogP contribution in [0.15, 0.2) is 21.8 Å². The largest absolute Gasteiger partial charge is 0.354 e. The summed E-state index contributed by atoms with van der Waals surface area (Å²) in [6, 6.07) is 2.45. The summed E-state index contributed by atoms with van der Waals surface area (Å²) >= 11 is 1.71. The third-order valence-corrected chi connectivity index (χ3v) is 8.42. The van der Waals surface area contributed by atoms with Crippen molar-refractivity contribution in [2.24, 2.45) is 4.99 Å². The Kier molecular flexibility index (Phi) is 9.50. The van der Waals surface area contributed by atoms with Gasteiger partial charge in [0.25, 0.3) is 0 Å². The Labute approximate surface area is 185 Å². The lowest BCUT2D eigenvalue weighted by Gasteiger charge is -2.39. The van der Waals surface area contributed by atoms with Crippen molar-refractivity contribution in [1.82, 2.24) is 15.1 Å². The predicted molar refractivity (Wildman–Crippen MR) is 126 cm³/mol. The van der Waals surface area contributed by atoms with E-state index in [2.05, 4.69) is 50.8 Å². The first-order valence-electron chi connectivity index (χ1n) is 9.19. The minimum absolute atomic E-state index is 0. The van der Waals surface area contributed by atoms with E-state index in [1.165, 1.54) is 5.56 Å². The van der Waals surface area contributed by atoms with E-state index in [0.717, 1.165) is 25.6 Å². The third-order valence-electron chi connectivity index (χ3n) is 5.19. The number of nitrogens with one attached hydrogen (secondary N) is 1. The Balaban J connectivity index is 0.00000364. The van der Waals surface area contributed by atoms with Crippen LogP contribution >= 0.6 is 35.3 Å². The average Bonchev–Trinajstić information content (AvgIpc) is 3.12. The summed E-state index contributed by atoms with van der Waals surface area (Å²) in [5, 5.41) is 7.79. The first kappa shape index (κ1) is 24.6. The van der Waals surface area contributed by atoms with Crippen molar-refractivity contribution in [2.45, 2.75) is 38.5 Å². The molecule has 156 valence electrons. The van der Waals surface area contributed by atoms with Crippen LogP contribution in [-0.2, 0) is 9.84 Å². The van der Waals surface area contributed by atoms with E-state index < -0.39 is 14.6 Å². The Bertz CT molecular complexity index is 701. The SMILES string of the molecule is CCN(CC)C(CNC(=NC)N1CCS(=O)(=O)C(C)(C)C1)c1ccsc1.I. The summed E-state index contributed by atoms with van der Waals surface area (Å²) in [6.07, 6.45) is 0. The monoisotopic (exact) mass is 528 g/mol. The van der Waals surface area contributed by atoms with Crippen LogP contribution in [0.2, 0.25) is 0 Å². The molecule has 6 nitrogen and oxygen atoms in total. The quantitative estimate of drug-likeness (QED) is 0.350. The lowest BCUT2D eigenvalue weighted by Crippen LogP contribution is -2.57. The molecule has 0 aromatic carbocycles. The van der Waals surface area contributed by atoms with Crippen molar-refractivity contribution in [3.63, 3.8) is 0 Å². The predicted octanol–water partition coefficient (Wildman–Crippen LogP) is 2.83. The van der Waals surface area contributed by atoms with Crippen LogP contribution in [0, 0.1) is 0 Å². The zero-order chi connectivity index (χ0) is 19.4. The van der Waals surface area contributed by atoms with Crippen molar-refractivity contribution in [3.05, 3.63) is 22.4 Å². The molecule has 0 amide bonds. The molecule has 1 saturated heterocycles. The molecule has 1 aromatic heterocycles. The Morgan fingerprint density at radius 1 is 1.41 bits per heavy atom. The average molecular weight is 529 g/mol. The van der Waals surface area contributed by atoms with Gasteiger partial charge in [0.1, 0.15) is 0 Å². The molecule has 0 saturated carbocycles. The fourth-order valence-electron chi connectivity index (χ4n) is 3.43. The molecule has 1 unspecified atom stereocenters. The van der Waals surface area contributed by atoms with Gasteiger partial charge < -0.3 is 10.2 Å². The number of aliphatic imine (C=N–C) groups is 1. The van der Waals surface area contributed by atoms with Gasteiger partial charge in [0, 0.05) is 26.7 Å². The zero-order valence-electron chi connectivity index (χ0n) is 16.9. The van der Waals surface area contributed by atoms with Gasteiger partial charge in [0.2, 0.25) is 0 Å². The number of likely N-dealkylation sites (N-methyl/N-ethyl adjacent to an activating group) is 1. The smallest absolute Gasteiger partial charge is 0.193 e. The van der Waals surface area contributed by atoms with E-state index in [4.69, 9.17) is 0 Å². The molecule has 1 N–H and O–H groups in total. The standard InChI is InChI=1S/C18H32N4O2S2.HI/c1-6-21(7-2)16(15-8-10-25-13-15)12-20-17(19-5)22-9-11-26(23,24)18(3,4)14-22;/h8,10,13,16H,6-7,9,11-12,14H2,1-5H3,(H,19,20);1H. The van der Waals surface area contributed by atoms with Gasteiger partial charge in [-0.05, 0) is 49.3 Å². The molecule has 1 aliphatic rings. The zero-order valence-corrected chi connectivity index (χ0v) is 20.9. The van der Waals surface area contributed by atoms with Crippen molar-refractivity contribution in [2.75, 3.05) is 45.5 Å². The van der Waals surface area contributed by atoms with Crippen LogP contribution in [0.25, 0.3) is 0 Å². The number of guanidine groups is 1. The first-order chi connectivity index (χ1) is 12.3.